The molecular weight excluding hydrogens is 180 g/mol. The molecule has 0 saturated heterocycles. The number of hydrogen-bond donors (Lipinski definition) is 1. The highest BCUT2D eigenvalue weighted by atomic mass is 17.2. The second kappa shape index (κ2) is 5.10. The van der Waals surface area contributed by atoms with Crippen LogP contribution in [0.1, 0.15) is 51.4 Å². The van der Waals surface area contributed by atoms with Crippen LogP contribution in [0.5, 0.6) is 0 Å². The van der Waals surface area contributed by atoms with Crippen LogP contribution in [-0.2, 0) is 9.78 Å². The predicted molar refractivity (Wildman–Crippen MR) is 52.7 cm³/mol. The third kappa shape index (κ3) is 2.94. The monoisotopic (exact) mass is 200 g/mol. The van der Waals surface area contributed by atoms with Gasteiger partial charge in [0.1, 0.15) is 0 Å². The van der Waals surface area contributed by atoms with Gasteiger partial charge >= 0.3 is 0 Å². The van der Waals surface area contributed by atoms with Crippen LogP contribution in [0.3, 0.4) is 0 Å². The average molecular weight is 200 g/mol. The fraction of sp³-hybridized carbons (Fsp3) is 1.00. The molecular formula is C11H20O3. The molecule has 0 aliphatic heterocycles. The zero-order valence-electron chi connectivity index (χ0n) is 8.65. The summed E-state index contributed by atoms with van der Waals surface area (Å²) in [5, 5.41) is 9.30. The van der Waals surface area contributed by atoms with Crippen molar-refractivity contribution in [2.45, 2.75) is 69.7 Å². The van der Waals surface area contributed by atoms with E-state index in [1.165, 1.54) is 19.3 Å². The van der Waals surface area contributed by atoms with E-state index < -0.39 is 0 Å². The molecule has 3 nitrogen and oxygen atoms in total. The van der Waals surface area contributed by atoms with Gasteiger partial charge in [-0.1, -0.05) is 19.3 Å². The summed E-state index contributed by atoms with van der Waals surface area (Å²) < 4.78 is 0. The minimum absolute atomic E-state index is 0.131. The van der Waals surface area contributed by atoms with Crippen LogP contribution in [0.4, 0.5) is 0 Å². The van der Waals surface area contributed by atoms with Gasteiger partial charge in [0.25, 0.3) is 0 Å². The van der Waals surface area contributed by atoms with E-state index in [1.807, 2.05) is 0 Å². The molecule has 82 valence electrons. The minimum atomic E-state index is -0.171. The molecule has 0 aromatic heterocycles. The molecule has 2 saturated carbocycles. The van der Waals surface area contributed by atoms with Gasteiger partial charge in [-0.2, -0.15) is 0 Å². The lowest BCUT2D eigenvalue weighted by molar-refractivity contribution is -0.353. The van der Waals surface area contributed by atoms with Crippen molar-refractivity contribution in [3.63, 3.8) is 0 Å². The fourth-order valence-corrected chi connectivity index (χ4v) is 2.32. The molecule has 2 rings (SSSR count). The second-order valence-electron chi connectivity index (χ2n) is 4.54. The molecule has 0 spiro atoms. The Labute approximate surface area is 85.3 Å². The van der Waals surface area contributed by atoms with E-state index in [0.29, 0.717) is 6.10 Å². The topological polar surface area (TPSA) is 38.7 Å². The minimum Gasteiger partial charge on any atom is -0.393 e. The standard InChI is InChI=1S/C11H20O3/c12-9-6-7-11(8-9)14-13-10-4-2-1-3-5-10/h9-12H,1-8H2. The quantitative estimate of drug-likeness (QED) is 0.560. The summed E-state index contributed by atoms with van der Waals surface area (Å²) in [6, 6.07) is 0. The van der Waals surface area contributed by atoms with E-state index in [4.69, 9.17) is 9.78 Å². The van der Waals surface area contributed by atoms with Gasteiger partial charge in [0.05, 0.1) is 18.3 Å². The van der Waals surface area contributed by atoms with Crippen molar-refractivity contribution in [1.82, 2.24) is 0 Å². The van der Waals surface area contributed by atoms with Crippen LogP contribution in [-0.4, -0.2) is 23.4 Å². The first-order valence-corrected chi connectivity index (χ1v) is 5.85. The van der Waals surface area contributed by atoms with Gasteiger partial charge in [0, 0.05) is 6.42 Å². The molecule has 2 aliphatic rings. The first-order chi connectivity index (χ1) is 6.84. The van der Waals surface area contributed by atoms with Gasteiger partial charge in [0.2, 0.25) is 0 Å². The van der Waals surface area contributed by atoms with Crippen LogP contribution in [0.2, 0.25) is 0 Å². The van der Waals surface area contributed by atoms with Crippen molar-refractivity contribution in [2.75, 3.05) is 0 Å². The zero-order valence-corrected chi connectivity index (χ0v) is 8.65. The summed E-state index contributed by atoms with van der Waals surface area (Å²) in [7, 11) is 0. The zero-order chi connectivity index (χ0) is 9.80. The van der Waals surface area contributed by atoms with Crippen molar-refractivity contribution < 1.29 is 14.9 Å². The third-order valence-electron chi connectivity index (χ3n) is 3.24. The van der Waals surface area contributed by atoms with Crippen molar-refractivity contribution in [1.29, 1.82) is 0 Å². The van der Waals surface area contributed by atoms with E-state index in [0.717, 1.165) is 32.1 Å². The summed E-state index contributed by atoms with van der Waals surface area (Å²) in [5.41, 5.74) is 0. The van der Waals surface area contributed by atoms with Gasteiger partial charge in [-0.3, -0.25) is 0 Å². The van der Waals surface area contributed by atoms with E-state index >= 15 is 0 Å². The molecule has 2 fully saturated rings. The van der Waals surface area contributed by atoms with E-state index in [1.54, 1.807) is 0 Å². The predicted octanol–water partition coefficient (Wildman–Crippen LogP) is 2.18. The van der Waals surface area contributed by atoms with Gasteiger partial charge in [0.15, 0.2) is 0 Å². The SMILES string of the molecule is OC1CCC(OOC2CCCCC2)C1. The molecule has 0 amide bonds. The Morgan fingerprint density at radius 3 is 2.14 bits per heavy atom. The summed E-state index contributed by atoms with van der Waals surface area (Å²) in [6.45, 7) is 0. The summed E-state index contributed by atoms with van der Waals surface area (Å²) in [6.07, 6.45) is 8.94. The first-order valence-electron chi connectivity index (χ1n) is 5.85. The molecule has 14 heavy (non-hydrogen) atoms. The molecule has 0 aromatic rings. The first kappa shape index (κ1) is 10.4. The summed E-state index contributed by atoms with van der Waals surface area (Å²) >= 11 is 0. The Hall–Kier alpha value is -0.120. The Morgan fingerprint density at radius 1 is 0.786 bits per heavy atom. The van der Waals surface area contributed by atoms with Crippen LogP contribution >= 0.6 is 0 Å². The maximum atomic E-state index is 9.30. The maximum Gasteiger partial charge on any atom is 0.0955 e. The molecule has 0 heterocycles. The van der Waals surface area contributed by atoms with Crippen LogP contribution in [0.15, 0.2) is 0 Å². The highest BCUT2D eigenvalue weighted by molar-refractivity contribution is 4.74. The van der Waals surface area contributed by atoms with Crippen molar-refractivity contribution in [3.8, 4) is 0 Å². The molecule has 2 atom stereocenters. The Balaban J connectivity index is 1.61. The normalized spacial score (nSPS) is 34.9. The lowest BCUT2D eigenvalue weighted by Crippen LogP contribution is -2.20. The lowest BCUT2D eigenvalue weighted by atomic mass is 9.98. The Bertz CT molecular complexity index is 161. The van der Waals surface area contributed by atoms with Gasteiger partial charge < -0.3 is 5.11 Å². The highest BCUT2D eigenvalue weighted by Gasteiger charge is 2.25. The van der Waals surface area contributed by atoms with Crippen LogP contribution in [0.25, 0.3) is 0 Å². The largest absolute Gasteiger partial charge is 0.393 e. The lowest BCUT2D eigenvalue weighted by Gasteiger charge is -2.22. The molecule has 2 unspecified atom stereocenters. The van der Waals surface area contributed by atoms with E-state index in [2.05, 4.69) is 0 Å². The summed E-state index contributed by atoms with van der Waals surface area (Å²) in [5.74, 6) is 0. The number of rotatable bonds is 3. The fourth-order valence-electron chi connectivity index (χ4n) is 2.32. The van der Waals surface area contributed by atoms with Gasteiger partial charge in [-0.05, 0) is 25.7 Å². The molecule has 0 bridgehead atoms. The van der Waals surface area contributed by atoms with Gasteiger partial charge in [-0.25, -0.2) is 9.78 Å². The molecule has 1 N–H and O–H groups in total. The average Bonchev–Trinajstić information content (AvgIpc) is 2.63. The van der Waals surface area contributed by atoms with Crippen molar-refractivity contribution in [2.24, 2.45) is 0 Å². The molecule has 0 aromatic carbocycles. The van der Waals surface area contributed by atoms with Gasteiger partial charge in [-0.15, -0.1) is 0 Å². The Kier molecular flexibility index (Phi) is 3.79. The second-order valence-corrected chi connectivity index (χ2v) is 4.54. The van der Waals surface area contributed by atoms with Crippen LogP contribution in [0, 0.1) is 0 Å². The number of aliphatic hydroxyl groups is 1. The number of aliphatic hydroxyl groups excluding tert-OH is 1. The maximum absolute atomic E-state index is 9.30. The Morgan fingerprint density at radius 2 is 1.50 bits per heavy atom. The third-order valence-corrected chi connectivity index (χ3v) is 3.24. The molecule has 3 heteroatoms. The highest BCUT2D eigenvalue weighted by Crippen LogP contribution is 2.25. The van der Waals surface area contributed by atoms with Crippen molar-refractivity contribution in [3.05, 3.63) is 0 Å². The van der Waals surface area contributed by atoms with E-state index in [9.17, 15) is 5.11 Å². The molecule has 2 aliphatic carbocycles. The smallest absolute Gasteiger partial charge is 0.0955 e. The molecule has 0 radical (unpaired) electrons. The summed E-state index contributed by atoms with van der Waals surface area (Å²) in [4.78, 5) is 10.8. The van der Waals surface area contributed by atoms with E-state index in [-0.39, 0.29) is 12.2 Å². The number of hydrogen-bond acceptors (Lipinski definition) is 3. The van der Waals surface area contributed by atoms with Crippen molar-refractivity contribution >= 4 is 0 Å². The van der Waals surface area contributed by atoms with Crippen LogP contribution < -0.4 is 0 Å².